The summed E-state index contributed by atoms with van der Waals surface area (Å²) in [6.45, 7) is 0.456. The van der Waals surface area contributed by atoms with Crippen molar-refractivity contribution in [1.29, 1.82) is 0 Å². The fourth-order valence-corrected chi connectivity index (χ4v) is 2.99. The normalized spacial score (nSPS) is 11.4. The van der Waals surface area contributed by atoms with Gasteiger partial charge in [0.25, 0.3) is 0 Å². The Hall–Kier alpha value is -3.60. The minimum atomic E-state index is -0.782. The van der Waals surface area contributed by atoms with Gasteiger partial charge in [0.1, 0.15) is 18.4 Å². The number of hydrogen-bond acceptors (Lipinski definition) is 3. The van der Waals surface area contributed by atoms with Crippen molar-refractivity contribution in [2.75, 3.05) is 0 Å². The fraction of sp³-hybridized carbons (Fsp3) is 0.167. The van der Waals surface area contributed by atoms with Crippen LogP contribution < -0.4 is 15.8 Å². The third-order valence-electron chi connectivity index (χ3n) is 4.47. The molecule has 3 aromatic carbocycles. The first-order chi connectivity index (χ1) is 14.1. The SMILES string of the molecule is NC(=O)[C@H](Cc1cccc(OCc2ccccc2)c1)NC(=O)Cc1ccccc1. The van der Waals surface area contributed by atoms with Gasteiger partial charge in [0, 0.05) is 6.42 Å². The van der Waals surface area contributed by atoms with E-state index in [1.807, 2.05) is 84.9 Å². The van der Waals surface area contributed by atoms with Gasteiger partial charge in [-0.3, -0.25) is 9.59 Å². The summed E-state index contributed by atoms with van der Waals surface area (Å²) in [6.07, 6.45) is 0.503. The molecular formula is C24H24N2O3. The van der Waals surface area contributed by atoms with E-state index in [2.05, 4.69) is 5.32 Å². The summed E-state index contributed by atoms with van der Waals surface area (Å²) in [5, 5.41) is 2.74. The van der Waals surface area contributed by atoms with Gasteiger partial charge in [0.2, 0.25) is 11.8 Å². The molecule has 0 aromatic heterocycles. The topological polar surface area (TPSA) is 81.4 Å². The zero-order valence-electron chi connectivity index (χ0n) is 16.1. The van der Waals surface area contributed by atoms with Crippen molar-refractivity contribution >= 4 is 11.8 Å². The van der Waals surface area contributed by atoms with Gasteiger partial charge in [0.05, 0.1) is 6.42 Å². The molecule has 148 valence electrons. The summed E-state index contributed by atoms with van der Waals surface area (Å²) in [5.74, 6) is -0.108. The molecule has 0 saturated carbocycles. The Balaban J connectivity index is 1.59. The van der Waals surface area contributed by atoms with E-state index in [4.69, 9.17) is 10.5 Å². The molecule has 3 aromatic rings. The van der Waals surface area contributed by atoms with Crippen molar-refractivity contribution in [1.82, 2.24) is 5.32 Å². The summed E-state index contributed by atoms with van der Waals surface area (Å²) in [6, 6.07) is 25.9. The van der Waals surface area contributed by atoms with Gasteiger partial charge >= 0.3 is 0 Å². The number of carbonyl (C=O) groups excluding carboxylic acids is 2. The van der Waals surface area contributed by atoms with Gasteiger partial charge in [-0.1, -0.05) is 72.8 Å². The highest BCUT2D eigenvalue weighted by Gasteiger charge is 2.19. The Kier molecular flexibility index (Phi) is 7.00. The highest BCUT2D eigenvalue weighted by molar-refractivity contribution is 5.87. The summed E-state index contributed by atoms with van der Waals surface area (Å²) < 4.78 is 5.83. The lowest BCUT2D eigenvalue weighted by Gasteiger charge is -2.16. The van der Waals surface area contributed by atoms with Crippen molar-refractivity contribution in [2.24, 2.45) is 5.73 Å². The molecule has 0 fully saturated rings. The Morgan fingerprint density at radius 2 is 1.45 bits per heavy atom. The second-order valence-electron chi connectivity index (χ2n) is 6.81. The lowest BCUT2D eigenvalue weighted by Crippen LogP contribution is -2.46. The van der Waals surface area contributed by atoms with Crippen molar-refractivity contribution in [3.8, 4) is 5.75 Å². The number of nitrogens with one attached hydrogen (secondary N) is 1. The Bertz CT molecular complexity index is 943. The molecule has 2 amide bonds. The molecule has 3 N–H and O–H groups in total. The highest BCUT2D eigenvalue weighted by atomic mass is 16.5. The van der Waals surface area contributed by atoms with Crippen LogP contribution in [0.1, 0.15) is 16.7 Å². The smallest absolute Gasteiger partial charge is 0.240 e. The maximum atomic E-state index is 12.3. The molecule has 5 heteroatoms. The second kappa shape index (κ2) is 10.1. The van der Waals surface area contributed by atoms with Gasteiger partial charge in [-0.25, -0.2) is 0 Å². The first kappa shape index (κ1) is 20.1. The quantitative estimate of drug-likeness (QED) is 0.591. The maximum absolute atomic E-state index is 12.3. The monoisotopic (exact) mass is 388 g/mol. The van der Waals surface area contributed by atoms with E-state index in [0.717, 1.165) is 16.7 Å². The minimum Gasteiger partial charge on any atom is -0.489 e. The average Bonchev–Trinajstić information content (AvgIpc) is 2.73. The summed E-state index contributed by atoms with van der Waals surface area (Å²) in [5.41, 5.74) is 8.32. The van der Waals surface area contributed by atoms with Gasteiger partial charge in [-0.05, 0) is 28.8 Å². The Labute approximate surface area is 170 Å². The van der Waals surface area contributed by atoms with Gasteiger partial charge < -0.3 is 15.8 Å². The molecule has 1 atom stereocenters. The minimum absolute atomic E-state index is 0.199. The number of rotatable bonds is 9. The molecule has 0 bridgehead atoms. The van der Waals surface area contributed by atoms with Crippen molar-refractivity contribution in [2.45, 2.75) is 25.5 Å². The third-order valence-corrected chi connectivity index (χ3v) is 4.47. The van der Waals surface area contributed by atoms with Gasteiger partial charge in [0.15, 0.2) is 0 Å². The van der Waals surface area contributed by atoms with Crippen LogP contribution in [-0.4, -0.2) is 17.9 Å². The van der Waals surface area contributed by atoms with E-state index in [1.165, 1.54) is 0 Å². The zero-order valence-corrected chi connectivity index (χ0v) is 16.1. The molecule has 0 aliphatic carbocycles. The largest absolute Gasteiger partial charge is 0.489 e. The first-order valence-electron chi connectivity index (χ1n) is 9.48. The molecule has 0 unspecified atom stereocenters. The van der Waals surface area contributed by atoms with Crippen LogP contribution in [0.25, 0.3) is 0 Å². The highest BCUT2D eigenvalue weighted by Crippen LogP contribution is 2.16. The van der Waals surface area contributed by atoms with Crippen LogP contribution in [0, 0.1) is 0 Å². The lowest BCUT2D eigenvalue weighted by atomic mass is 10.0. The standard InChI is InChI=1S/C24H24N2O3/c25-24(28)22(26-23(27)16-18-8-3-1-4-9-18)15-20-12-7-13-21(14-20)29-17-19-10-5-2-6-11-19/h1-14,22H,15-17H2,(H2,25,28)(H,26,27)/t22-/m0/s1. The van der Waals surface area contributed by atoms with Gasteiger partial charge in [-0.2, -0.15) is 0 Å². The number of benzene rings is 3. The molecule has 0 aliphatic rings. The number of hydrogen-bond donors (Lipinski definition) is 2. The van der Waals surface area contributed by atoms with Crippen LogP contribution in [0.2, 0.25) is 0 Å². The van der Waals surface area contributed by atoms with Crippen LogP contribution in [-0.2, 0) is 29.0 Å². The van der Waals surface area contributed by atoms with E-state index < -0.39 is 11.9 Å². The van der Waals surface area contributed by atoms with Crippen LogP contribution in [0.15, 0.2) is 84.9 Å². The number of amides is 2. The van der Waals surface area contributed by atoms with Crippen LogP contribution in [0.5, 0.6) is 5.75 Å². The van der Waals surface area contributed by atoms with E-state index >= 15 is 0 Å². The molecule has 0 saturated heterocycles. The zero-order chi connectivity index (χ0) is 20.5. The van der Waals surface area contributed by atoms with Crippen LogP contribution in [0.3, 0.4) is 0 Å². The molecule has 3 rings (SSSR count). The summed E-state index contributed by atoms with van der Waals surface area (Å²) in [7, 11) is 0. The third kappa shape index (κ3) is 6.50. The number of nitrogens with two attached hydrogens (primary N) is 1. The summed E-state index contributed by atoms with van der Waals surface area (Å²) in [4.78, 5) is 24.2. The number of primary amides is 1. The maximum Gasteiger partial charge on any atom is 0.240 e. The van der Waals surface area contributed by atoms with E-state index in [9.17, 15) is 9.59 Å². The Morgan fingerprint density at radius 1 is 0.828 bits per heavy atom. The predicted molar refractivity (Wildman–Crippen MR) is 112 cm³/mol. The molecule has 0 radical (unpaired) electrons. The molecule has 0 aliphatic heterocycles. The van der Waals surface area contributed by atoms with Crippen molar-refractivity contribution in [3.63, 3.8) is 0 Å². The van der Waals surface area contributed by atoms with E-state index in [0.29, 0.717) is 18.8 Å². The molecule has 0 heterocycles. The number of carbonyl (C=O) groups is 2. The number of ether oxygens (including phenoxy) is 1. The Morgan fingerprint density at radius 3 is 2.10 bits per heavy atom. The average molecular weight is 388 g/mol. The van der Waals surface area contributed by atoms with E-state index in [-0.39, 0.29) is 12.3 Å². The van der Waals surface area contributed by atoms with Crippen LogP contribution >= 0.6 is 0 Å². The summed E-state index contributed by atoms with van der Waals surface area (Å²) >= 11 is 0. The molecule has 0 spiro atoms. The first-order valence-corrected chi connectivity index (χ1v) is 9.48. The predicted octanol–water partition coefficient (Wildman–Crippen LogP) is 3.02. The van der Waals surface area contributed by atoms with E-state index in [1.54, 1.807) is 0 Å². The molecular weight excluding hydrogens is 364 g/mol. The van der Waals surface area contributed by atoms with Gasteiger partial charge in [-0.15, -0.1) is 0 Å². The second-order valence-corrected chi connectivity index (χ2v) is 6.81. The van der Waals surface area contributed by atoms with Crippen molar-refractivity contribution < 1.29 is 14.3 Å². The fourth-order valence-electron chi connectivity index (χ4n) is 2.99. The lowest BCUT2D eigenvalue weighted by molar-refractivity contribution is -0.127. The molecule has 29 heavy (non-hydrogen) atoms. The van der Waals surface area contributed by atoms with Crippen molar-refractivity contribution in [3.05, 3.63) is 102 Å². The molecule has 5 nitrogen and oxygen atoms in total. The van der Waals surface area contributed by atoms with Crippen LogP contribution in [0.4, 0.5) is 0 Å².